The molecule has 0 saturated heterocycles. The number of benzene rings is 1. The average Bonchev–Trinajstić information content (AvgIpc) is 2.59. The van der Waals surface area contributed by atoms with Gasteiger partial charge in [0, 0.05) is 6.54 Å². The first-order valence-corrected chi connectivity index (χ1v) is 8.46. The molecule has 8 nitrogen and oxygen atoms in total. The summed E-state index contributed by atoms with van der Waals surface area (Å²) in [5.41, 5.74) is -0.711. The van der Waals surface area contributed by atoms with Gasteiger partial charge in [0.1, 0.15) is 23.6 Å². The number of aliphatic hydroxyl groups is 2. The summed E-state index contributed by atoms with van der Waals surface area (Å²) in [7, 11) is 0. The number of carbonyl (C=O) groups is 2. The van der Waals surface area contributed by atoms with Crippen LogP contribution in [0.5, 0.6) is 0 Å². The quantitative estimate of drug-likeness (QED) is 0.657. The summed E-state index contributed by atoms with van der Waals surface area (Å²) >= 11 is 0. The topological polar surface area (TPSA) is 126 Å². The molecule has 0 aliphatic carbocycles. The van der Waals surface area contributed by atoms with E-state index in [4.69, 9.17) is 9.15 Å². The number of aldehydes is 1. The summed E-state index contributed by atoms with van der Waals surface area (Å²) in [6.07, 6.45) is -1.54. The van der Waals surface area contributed by atoms with Gasteiger partial charge in [0.25, 0.3) is 0 Å². The summed E-state index contributed by atoms with van der Waals surface area (Å²) in [6.45, 7) is 5.30. The molecule has 146 valence electrons. The van der Waals surface area contributed by atoms with E-state index < -0.39 is 29.3 Å². The summed E-state index contributed by atoms with van der Waals surface area (Å²) in [4.78, 5) is 34.6. The first-order chi connectivity index (χ1) is 12.6. The molecule has 27 heavy (non-hydrogen) atoms. The van der Waals surface area contributed by atoms with Gasteiger partial charge in [-0.3, -0.25) is 9.59 Å². The molecule has 8 heteroatoms. The third kappa shape index (κ3) is 5.38. The van der Waals surface area contributed by atoms with Crippen molar-refractivity contribution in [3.63, 3.8) is 0 Å². The van der Waals surface area contributed by atoms with Crippen LogP contribution in [-0.2, 0) is 4.74 Å². The standard InChI is InChI=1S/C19H23NO7/c1-19(2,3)27-18(25)20-7-6-14(22)17(24)11-4-5-15-13(8-11)16(23)12(9-21)10-26-15/h4-5,8-10,14,17,22,24H,6-7H2,1-3H3,(H,20,25). The fourth-order valence-electron chi connectivity index (χ4n) is 2.45. The van der Waals surface area contributed by atoms with Crippen LogP contribution >= 0.6 is 0 Å². The summed E-state index contributed by atoms with van der Waals surface area (Å²) in [6, 6.07) is 4.37. The van der Waals surface area contributed by atoms with Crippen molar-refractivity contribution in [3.8, 4) is 0 Å². The van der Waals surface area contributed by atoms with E-state index >= 15 is 0 Å². The minimum absolute atomic E-state index is 0.0709. The second kappa shape index (κ2) is 8.32. The smallest absolute Gasteiger partial charge is 0.407 e. The number of rotatable bonds is 6. The lowest BCUT2D eigenvalue weighted by atomic mass is 10.00. The first kappa shape index (κ1) is 20.6. The van der Waals surface area contributed by atoms with Gasteiger partial charge < -0.3 is 24.7 Å². The van der Waals surface area contributed by atoms with Crippen LogP contribution in [0.3, 0.4) is 0 Å². The first-order valence-electron chi connectivity index (χ1n) is 8.46. The van der Waals surface area contributed by atoms with Crippen LogP contribution in [0.4, 0.5) is 4.79 Å². The van der Waals surface area contributed by atoms with Gasteiger partial charge >= 0.3 is 6.09 Å². The molecular formula is C19H23NO7. The number of carbonyl (C=O) groups excluding carboxylic acids is 2. The van der Waals surface area contributed by atoms with Gasteiger partial charge in [0.2, 0.25) is 5.43 Å². The Balaban J connectivity index is 2.05. The second-order valence-corrected chi connectivity index (χ2v) is 7.12. The molecule has 3 N–H and O–H groups in total. The highest BCUT2D eigenvalue weighted by molar-refractivity contribution is 5.84. The number of hydrogen-bond donors (Lipinski definition) is 3. The van der Waals surface area contributed by atoms with Crippen molar-refractivity contribution in [2.24, 2.45) is 0 Å². The molecule has 1 heterocycles. The van der Waals surface area contributed by atoms with Crippen molar-refractivity contribution >= 4 is 23.3 Å². The maximum absolute atomic E-state index is 12.2. The molecule has 0 aliphatic heterocycles. The lowest BCUT2D eigenvalue weighted by molar-refractivity contribution is 0.0123. The van der Waals surface area contributed by atoms with Gasteiger partial charge in [0.15, 0.2) is 6.29 Å². The van der Waals surface area contributed by atoms with E-state index in [2.05, 4.69) is 5.32 Å². The van der Waals surface area contributed by atoms with Gasteiger partial charge in [-0.1, -0.05) is 6.07 Å². The number of amides is 1. The Bertz CT molecular complexity index is 882. The molecule has 0 radical (unpaired) electrons. The molecule has 0 bridgehead atoms. The van der Waals surface area contributed by atoms with E-state index in [0.29, 0.717) is 11.8 Å². The number of nitrogens with one attached hydrogen (secondary N) is 1. The summed E-state index contributed by atoms with van der Waals surface area (Å²) in [5.74, 6) is 0. The summed E-state index contributed by atoms with van der Waals surface area (Å²) < 4.78 is 10.3. The largest absolute Gasteiger partial charge is 0.463 e. The van der Waals surface area contributed by atoms with Crippen molar-refractivity contribution in [3.05, 3.63) is 45.8 Å². The predicted octanol–water partition coefficient (Wildman–Crippen LogP) is 1.91. The number of alkyl carbamates (subject to hydrolysis) is 1. The molecule has 2 rings (SSSR count). The molecule has 2 atom stereocenters. The molecule has 1 aromatic heterocycles. The van der Waals surface area contributed by atoms with Crippen LogP contribution in [-0.4, -0.2) is 40.8 Å². The molecular weight excluding hydrogens is 354 g/mol. The highest BCUT2D eigenvalue weighted by Gasteiger charge is 2.21. The molecule has 0 spiro atoms. The van der Waals surface area contributed by atoms with Crippen LogP contribution in [0, 0.1) is 0 Å². The Hall–Kier alpha value is -2.71. The van der Waals surface area contributed by atoms with E-state index in [1.165, 1.54) is 18.2 Å². The summed E-state index contributed by atoms with van der Waals surface area (Å²) in [5, 5.41) is 23.1. The molecule has 1 amide bonds. The molecule has 0 fully saturated rings. The van der Waals surface area contributed by atoms with Crippen LogP contribution in [0.25, 0.3) is 11.0 Å². The zero-order valence-corrected chi connectivity index (χ0v) is 15.4. The van der Waals surface area contributed by atoms with Gasteiger partial charge in [-0.2, -0.15) is 0 Å². The fourth-order valence-corrected chi connectivity index (χ4v) is 2.45. The van der Waals surface area contributed by atoms with Crippen LogP contribution < -0.4 is 10.7 Å². The Morgan fingerprint density at radius 2 is 2.04 bits per heavy atom. The molecule has 0 aliphatic rings. The lowest BCUT2D eigenvalue weighted by Gasteiger charge is -2.21. The van der Waals surface area contributed by atoms with E-state index in [0.717, 1.165) is 6.26 Å². The Kier molecular flexibility index (Phi) is 6.35. The molecule has 0 saturated carbocycles. The molecule has 2 aromatic rings. The normalized spacial score (nSPS) is 13.8. The maximum atomic E-state index is 12.2. The number of hydrogen-bond acceptors (Lipinski definition) is 7. The minimum Gasteiger partial charge on any atom is -0.463 e. The van der Waals surface area contributed by atoms with Gasteiger partial charge in [0.05, 0.1) is 17.1 Å². The monoisotopic (exact) mass is 377 g/mol. The highest BCUT2D eigenvalue weighted by atomic mass is 16.6. The van der Waals surface area contributed by atoms with Crippen molar-refractivity contribution in [2.75, 3.05) is 6.54 Å². The number of ether oxygens (including phenoxy) is 1. The van der Waals surface area contributed by atoms with Gasteiger partial charge in [-0.15, -0.1) is 0 Å². The Morgan fingerprint density at radius 1 is 1.33 bits per heavy atom. The SMILES string of the molecule is CC(C)(C)OC(=O)NCCC(O)C(O)c1ccc2occ(C=O)c(=O)c2c1. The van der Waals surface area contributed by atoms with E-state index in [1.807, 2.05) is 0 Å². The van der Waals surface area contributed by atoms with E-state index in [9.17, 15) is 24.6 Å². The molecule has 2 unspecified atom stereocenters. The fraction of sp³-hybridized carbons (Fsp3) is 0.421. The minimum atomic E-state index is -1.28. The Labute approximate surface area is 155 Å². The maximum Gasteiger partial charge on any atom is 0.407 e. The van der Waals surface area contributed by atoms with E-state index in [1.54, 1.807) is 20.8 Å². The average molecular weight is 377 g/mol. The lowest BCUT2D eigenvalue weighted by Crippen LogP contribution is -2.34. The number of fused-ring (bicyclic) bond motifs is 1. The van der Waals surface area contributed by atoms with Gasteiger partial charge in [-0.05, 0) is 44.9 Å². The third-order valence-electron chi connectivity index (χ3n) is 3.76. The van der Waals surface area contributed by atoms with Crippen molar-refractivity contribution in [2.45, 2.75) is 45.0 Å². The van der Waals surface area contributed by atoms with Gasteiger partial charge in [-0.25, -0.2) is 4.79 Å². The van der Waals surface area contributed by atoms with Crippen molar-refractivity contribution < 1.29 is 29.0 Å². The van der Waals surface area contributed by atoms with E-state index in [-0.39, 0.29) is 29.5 Å². The zero-order chi connectivity index (χ0) is 20.2. The third-order valence-corrected chi connectivity index (χ3v) is 3.76. The highest BCUT2D eigenvalue weighted by Crippen LogP contribution is 2.22. The zero-order valence-electron chi connectivity index (χ0n) is 15.4. The second-order valence-electron chi connectivity index (χ2n) is 7.12. The van der Waals surface area contributed by atoms with Crippen molar-refractivity contribution in [1.82, 2.24) is 5.32 Å². The van der Waals surface area contributed by atoms with Crippen LogP contribution in [0.1, 0.15) is 49.2 Å². The number of aliphatic hydroxyl groups excluding tert-OH is 2. The van der Waals surface area contributed by atoms with Crippen LogP contribution in [0.15, 0.2) is 33.7 Å². The predicted molar refractivity (Wildman–Crippen MR) is 97.7 cm³/mol. The van der Waals surface area contributed by atoms with Crippen molar-refractivity contribution in [1.29, 1.82) is 0 Å². The van der Waals surface area contributed by atoms with Crippen LogP contribution in [0.2, 0.25) is 0 Å². The Morgan fingerprint density at radius 3 is 2.67 bits per heavy atom. The molecule has 1 aromatic carbocycles.